The molecule has 0 amide bonds. The van der Waals surface area contributed by atoms with Crippen LogP contribution in [0.4, 0.5) is 5.69 Å². The smallest absolute Gasteiger partial charge is 0.0673 e. The molecule has 0 radical (unpaired) electrons. The van der Waals surface area contributed by atoms with Crippen LogP contribution in [0.1, 0.15) is 12.8 Å². The van der Waals surface area contributed by atoms with Crippen LogP contribution in [0.25, 0.3) is 0 Å². The molecular weight excluding hydrogens is 150 g/mol. The average Bonchev–Trinajstić information content (AvgIpc) is 2.59. The van der Waals surface area contributed by atoms with Gasteiger partial charge in [0.2, 0.25) is 0 Å². The van der Waals surface area contributed by atoms with E-state index in [1.54, 1.807) is 6.20 Å². The number of pyridine rings is 1. The minimum atomic E-state index is 1.08. The maximum atomic E-state index is 4.04. The van der Waals surface area contributed by atoms with Gasteiger partial charge in [-0.1, -0.05) is 0 Å². The highest BCUT2D eigenvalue weighted by molar-refractivity contribution is 5.38. The molecule has 1 N–H and O–H groups in total. The molecule has 0 aliphatic carbocycles. The number of anilines is 1. The minimum absolute atomic E-state index is 1.08. The number of hydrogen-bond donors (Lipinski definition) is 1. The second-order valence-corrected chi connectivity index (χ2v) is 3.05. The van der Waals surface area contributed by atoms with Gasteiger partial charge in [-0.15, -0.1) is 0 Å². The van der Waals surface area contributed by atoms with Crippen molar-refractivity contribution in [2.45, 2.75) is 12.8 Å². The summed E-state index contributed by atoms with van der Waals surface area (Å²) in [7, 11) is 0. The van der Waals surface area contributed by atoms with Gasteiger partial charge in [-0.3, -0.25) is 4.98 Å². The zero-order chi connectivity index (χ0) is 8.23. The Morgan fingerprint density at radius 2 is 2.17 bits per heavy atom. The molecule has 1 aromatic heterocycles. The van der Waals surface area contributed by atoms with Crippen LogP contribution in [0.3, 0.4) is 0 Å². The third-order valence-corrected chi connectivity index (χ3v) is 2.05. The first kappa shape index (κ1) is 7.55. The van der Waals surface area contributed by atoms with E-state index in [0.29, 0.717) is 0 Å². The summed E-state index contributed by atoms with van der Waals surface area (Å²) in [4.78, 5) is 4.04. The number of nitrogens with one attached hydrogen (secondary N) is 1. The molecule has 0 atom stereocenters. The summed E-state index contributed by atoms with van der Waals surface area (Å²) in [6, 6.07) is 3.98. The molecule has 0 bridgehead atoms. The van der Waals surface area contributed by atoms with Crippen molar-refractivity contribution in [3.63, 3.8) is 0 Å². The molecule has 3 heteroatoms. The predicted octanol–water partition coefficient (Wildman–Crippen LogP) is 1.50. The Balaban J connectivity index is 1.94. The van der Waals surface area contributed by atoms with Crippen molar-refractivity contribution in [3.8, 4) is 0 Å². The van der Waals surface area contributed by atoms with Crippen molar-refractivity contribution in [1.29, 1.82) is 0 Å². The van der Waals surface area contributed by atoms with Crippen LogP contribution in [0, 0.1) is 0 Å². The summed E-state index contributed by atoms with van der Waals surface area (Å²) in [5.41, 5.74) is 4.39. The lowest BCUT2D eigenvalue weighted by Crippen LogP contribution is -2.26. The first-order chi connectivity index (χ1) is 5.95. The molecule has 1 aromatic rings. The average molecular weight is 163 g/mol. The summed E-state index contributed by atoms with van der Waals surface area (Å²) in [5, 5.41) is 2.23. The third-order valence-electron chi connectivity index (χ3n) is 2.05. The number of aromatic nitrogens is 1. The van der Waals surface area contributed by atoms with Crippen molar-refractivity contribution >= 4 is 5.69 Å². The van der Waals surface area contributed by atoms with Crippen molar-refractivity contribution in [1.82, 2.24) is 9.99 Å². The fourth-order valence-electron chi connectivity index (χ4n) is 1.44. The maximum absolute atomic E-state index is 4.04. The van der Waals surface area contributed by atoms with Crippen LogP contribution >= 0.6 is 0 Å². The van der Waals surface area contributed by atoms with Crippen LogP contribution in [0.5, 0.6) is 0 Å². The standard InChI is InChI=1S/C9H13N3/c1-2-7-12(6-1)11-9-4-3-5-10-8-9/h3-5,8,11H,1-2,6-7H2. The Bertz CT molecular complexity index is 229. The van der Waals surface area contributed by atoms with Crippen LogP contribution in [-0.2, 0) is 0 Å². The Morgan fingerprint density at radius 1 is 1.33 bits per heavy atom. The van der Waals surface area contributed by atoms with Gasteiger partial charge >= 0.3 is 0 Å². The van der Waals surface area contributed by atoms with E-state index in [1.807, 2.05) is 18.3 Å². The van der Waals surface area contributed by atoms with E-state index in [-0.39, 0.29) is 0 Å². The highest BCUT2D eigenvalue weighted by atomic mass is 15.5. The Morgan fingerprint density at radius 3 is 2.83 bits per heavy atom. The van der Waals surface area contributed by atoms with E-state index >= 15 is 0 Å². The summed E-state index contributed by atoms with van der Waals surface area (Å²) in [5.74, 6) is 0. The van der Waals surface area contributed by atoms with Crippen molar-refractivity contribution < 1.29 is 0 Å². The van der Waals surface area contributed by atoms with E-state index in [9.17, 15) is 0 Å². The minimum Gasteiger partial charge on any atom is -0.317 e. The van der Waals surface area contributed by atoms with Gasteiger partial charge in [0.05, 0.1) is 11.9 Å². The summed E-state index contributed by atoms with van der Waals surface area (Å²) in [6.07, 6.45) is 6.23. The molecule has 0 unspecified atom stereocenters. The normalized spacial score (nSPS) is 18.0. The molecule has 64 valence electrons. The van der Waals surface area contributed by atoms with Gasteiger partial charge in [0, 0.05) is 19.3 Å². The third kappa shape index (κ3) is 1.74. The monoisotopic (exact) mass is 163 g/mol. The van der Waals surface area contributed by atoms with Crippen molar-refractivity contribution in [2.75, 3.05) is 18.5 Å². The first-order valence-electron chi connectivity index (χ1n) is 4.37. The Hall–Kier alpha value is -1.09. The first-order valence-corrected chi connectivity index (χ1v) is 4.37. The number of hydrazine groups is 1. The van der Waals surface area contributed by atoms with Crippen LogP contribution in [-0.4, -0.2) is 23.1 Å². The molecule has 1 aliphatic rings. The Kier molecular flexibility index (Phi) is 2.23. The van der Waals surface area contributed by atoms with Crippen LogP contribution in [0.15, 0.2) is 24.5 Å². The van der Waals surface area contributed by atoms with Crippen molar-refractivity contribution in [3.05, 3.63) is 24.5 Å². The molecular formula is C9H13N3. The van der Waals surface area contributed by atoms with Gasteiger partial charge in [-0.05, 0) is 25.0 Å². The van der Waals surface area contributed by atoms with Gasteiger partial charge < -0.3 is 5.43 Å². The molecule has 12 heavy (non-hydrogen) atoms. The van der Waals surface area contributed by atoms with E-state index in [2.05, 4.69) is 15.4 Å². The van der Waals surface area contributed by atoms with Gasteiger partial charge in [-0.2, -0.15) is 0 Å². The summed E-state index contributed by atoms with van der Waals surface area (Å²) < 4.78 is 0. The zero-order valence-electron chi connectivity index (χ0n) is 7.03. The maximum Gasteiger partial charge on any atom is 0.0673 e. The molecule has 0 aromatic carbocycles. The van der Waals surface area contributed by atoms with Crippen LogP contribution < -0.4 is 5.43 Å². The number of nitrogens with zero attached hydrogens (tertiary/aromatic N) is 2. The zero-order valence-corrected chi connectivity index (χ0v) is 7.03. The molecule has 1 aliphatic heterocycles. The topological polar surface area (TPSA) is 28.2 Å². The SMILES string of the molecule is c1cncc(NN2CCCC2)c1. The lowest BCUT2D eigenvalue weighted by molar-refractivity contribution is 0.410. The molecule has 0 spiro atoms. The second-order valence-electron chi connectivity index (χ2n) is 3.05. The molecule has 0 saturated carbocycles. The van der Waals surface area contributed by atoms with Crippen molar-refractivity contribution in [2.24, 2.45) is 0 Å². The molecule has 2 heterocycles. The number of hydrogen-bond acceptors (Lipinski definition) is 3. The van der Waals surface area contributed by atoms with E-state index < -0.39 is 0 Å². The van der Waals surface area contributed by atoms with Gasteiger partial charge in [0.15, 0.2) is 0 Å². The van der Waals surface area contributed by atoms with E-state index in [1.165, 1.54) is 12.8 Å². The number of rotatable bonds is 2. The highest BCUT2D eigenvalue weighted by Gasteiger charge is 2.10. The highest BCUT2D eigenvalue weighted by Crippen LogP contribution is 2.10. The Labute approximate surface area is 72.4 Å². The lowest BCUT2D eigenvalue weighted by atomic mass is 10.4. The molecule has 1 fully saturated rings. The second kappa shape index (κ2) is 3.54. The predicted molar refractivity (Wildman–Crippen MR) is 48.7 cm³/mol. The van der Waals surface area contributed by atoms with Gasteiger partial charge in [0.1, 0.15) is 0 Å². The fraction of sp³-hybridized carbons (Fsp3) is 0.444. The van der Waals surface area contributed by atoms with Crippen LogP contribution in [0.2, 0.25) is 0 Å². The summed E-state index contributed by atoms with van der Waals surface area (Å²) in [6.45, 7) is 2.30. The van der Waals surface area contributed by atoms with E-state index in [0.717, 1.165) is 18.8 Å². The largest absolute Gasteiger partial charge is 0.317 e. The van der Waals surface area contributed by atoms with E-state index in [4.69, 9.17) is 0 Å². The molecule has 2 rings (SSSR count). The molecule has 3 nitrogen and oxygen atoms in total. The van der Waals surface area contributed by atoms with Gasteiger partial charge in [0.25, 0.3) is 0 Å². The lowest BCUT2D eigenvalue weighted by Gasteiger charge is -2.16. The fourth-order valence-corrected chi connectivity index (χ4v) is 1.44. The quantitative estimate of drug-likeness (QED) is 0.716. The molecule has 1 saturated heterocycles. The summed E-state index contributed by atoms with van der Waals surface area (Å²) >= 11 is 0. The van der Waals surface area contributed by atoms with Gasteiger partial charge in [-0.25, -0.2) is 5.01 Å².